The molecule has 0 bridgehead atoms. The van der Waals surface area contributed by atoms with E-state index in [2.05, 4.69) is 287 Å². The van der Waals surface area contributed by atoms with Crippen molar-refractivity contribution in [1.82, 2.24) is 0 Å². The van der Waals surface area contributed by atoms with Gasteiger partial charge in [0.2, 0.25) is 0 Å². The Morgan fingerprint density at radius 2 is 0.789 bits per heavy atom. The number of phenolic OH excluding ortho intramolecular Hbond substituents is 1. The van der Waals surface area contributed by atoms with E-state index in [0.29, 0.717) is 5.75 Å². The van der Waals surface area contributed by atoms with E-state index in [9.17, 15) is 5.11 Å². The Kier molecular flexibility index (Phi) is 10.6. The minimum Gasteiger partial charge on any atom is -0.507 e. The third-order valence-electron chi connectivity index (χ3n) is 17.0. The van der Waals surface area contributed by atoms with E-state index in [4.69, 9.17) is 0 Å². The van der Waals surface area contributed by atoms with Crippen molar-refractivity contribution in [1.29, 1.82) is 0 Å². The quantitative estimate of drug-likeness (QED) is 0.156. The van der Waals surface area contributed by atoms with Crippen LogP contribution in [-0.4, -0.2) is 5.11 Å². The number of phenols is 1. The van der Waals surface area contributed by atoms with Crippen molar-refractivity contribution in [3.63, 3.8) is 0 Å². The predicted molar refractivity (Wildman–Crippen MR) is 317 cm³/mol. The number of fused-ring (bicyclic) bond motifs is 8. The van der Waals surface area contributed by atoms with Crippen LogP contribution in [0.2, 0.25) is 0 Å². The number of aryl methyl sites for hydroxylation is 3. The lowest BCUT2D eigenvalue weighted by molar-refractivity contribution is 0.467. The summed E-state index contributed by atoms with van der Waals surface area (Å²) in [7, 11) is 0. The van der Waals surface area contributed by atoms with Gasteiger partial charge in [0.25, 0.3) is 0 Å². The molecule has 2 nitrogen and oxygen atoms in total. The Morgan fingerprint density at radius 1 is 0.329 bits per heavy atom. The van der Waals surface area contributed by atoms with Crippen LogP contribution in [0.15, 0.2) is 261 Å². The maximum atomic E-state index is 13.1. The van der Waals surface area contributed by atoms with Crippen molar-refractivity contribution < 1.29 is 5.11 Å². The molecule has 2 aliphatic carbocycles. The third kappa shape index (κ3) is 6.34. The second-order valence-electron chi connectivity index (χ2n) is 20.7. The van der Waals surface area contributed by atoms with E-state index < -0.39 is 10.8 Å². The first-order chi connectivity index (χ1) is 37.5. The molecular weight excluding hydrogens is 919 g/mol. The van der Waals surface area contributed by atoms with E-state index >= 15 is 0 Å². The highest BCUT2D eigenvalue weighted by molar-refractivity contribution is 6.05. The van der Waals surface area contributed by atoms with Crippen molar-refractivity contribution in [2.75, 3.05) is 4.90 Å². The lowest BCUT2D eigenvalue weighted by Crippen LogP contribution is -2.30. The molecule has 0 heterocycles. The average molecular weight is 974 g/mol. The molecule has 0 spiro atoms. The Labute approximate surface area is 445 Å². The fraction of sp³-hybridized carbons (Fsp3) is 0.0811. The maximum Gasteiger partial charge on any atom is 0.128 e. The van der Waals surface area contributed by atoms with Gasteiger partial charge in [-0.05, 0) is 139 Å². The van der Waals surface area contributed by atoms with Crippen molar-refractivity contribution in [2.24, 2.45) is 0 Å². The highest BCUT2D eigenvalue weighted by atomic mass is 16.3. The van der Waals surface area contributed by atoms with Gasteiger partial charge in [-0.1, -0.05) is 244 Å². The zero-order valence-corrected chi connectivity index (χ0v) is 42.9. The molecule has 0 radical (unpaired) electrons. The van der Waals surface area contributed by atoms with Gasteiger partial charge in [0.1, 0.15) is 5.75 Å². The lowest BCUT2D eigenvalue weighted by Gasteiger charge is -2.37. The molecule has 14 rings (SSSR count). The second kappa shape index (κ2) is 17.7. The highest BCUT2D eigenvalue weighted by Gasteiger charge is 2.51. The zero-order valence-electron chi connectivity index (χ0n) is 42.9. The number of hydrogen-bond acceptors (Lipinski definition) is 2. The first-order valence-corrected chi connectivity index (χ1v) is 26.7. The van der Waals surface area contributed by atoms with Gasteiger partial charge in [-0.3, -0.25) is 0 Å². The lowest BCUT2D eigenvalue weighted by atomic mass is 9.65. The smallest absolute Gasteiger partial charge is 0.128 e. The fourth-order valence-corrected chi connectivity index (χ4v) is 13.9. The molecule has 2 heteroatoms. The normalized spacial score (nSPS) is 14.8. The maximum absolute atomic E-state index is 13.1. The molecule has 1 unspecified atom stereocenters. The van der Waals surface area contributed by atoms with E-state index in [1.807, 2.05) is 0 Å². The van der Waals surface area contributed by atoms with Gasteiger partial charge in [-0.25, -0.2) is 0 Å². The number of rotatable bonds is 9. The summed E-state index contributed by atoms with van der Waals surface area (Å²) >= 11 is 0. The number of hydrogen-bond donors (Lipinski definition) is 1. The third-order valence-corrected chi connectivity index (χ3v) is 17.0. The largest absolute Gasteiger partial charge is 0.507 e. The molecule has 0 aromatic heterocycles. The molecule has 1 atom stereocenters. The van der Waals surface area contributed by atoms with Gasteiger partial charge in [0.15, 0.2) is 0 Å². The number of para-hydroxylation sites is 2. The monoisotopic (exact) mass is 973 g/mol. The SMILES string of the molecule is CCc1c(C2(c3ccc4c(C)cccc4c3O)c3ccccc3-c3c(-c4ccccc4N(c4ccccc4)c4cccc5c4-c4ccccc4C5(c4ccccc4)c4ccccc4)cccc32)ccc2c(C)cccc12. The zero-order chi connectivity index (χ0) is 51.1. The molecule has 2 aliphatic rings. The number of anilines is 3. The van der Waals surface area contributed by atoms with Crippen LogP contribution in [0.1, 0.15) is 68.1 Å². The summed E-state index contributed by atoms with van der Waals surface area (Å²) in [6, 6.07) is 96.0. The van der Waals surface area contributed by atoms with E-state index in [1.165, 1.54) is 66.4 Å². The topological polar surface area (TPSA) is 23.5 Å². The van der Waals surface area contributed by atoms with Gasteiger partial charge in [0, 0.05) is 27.8 Å². The summed E-state index contributed by atoms with van der Waals surface area (Å²) in [4.78, 5) is 2.50. The van der Waals surface area contributed by atoms with Crippen LogP contribution >= 0.6 is 0 Å². The van der Waals surface area contributed by atoms with Gasteiger partial charge in [0.05, 0.1) is 22.2 Å². The molecule has 0 aliphatic heterocycles. The fourth-order valence-electron chi connectivity index (χ4n) is 13.9. The number of nitrogens with zero attached hydrogens (tertiary/aromatic N) is 1. The van der Waals surface area contributed by atoms with Crippen molar-refractivity contribution in [3.8, 4) is 39.1 Å². The summed E-state index contributed by atoms with van der Waals surface area (Å²) in [6.07, 6.45) is 0.817. The Bertz CT molecular complexity index is 4210. The highest BCUT2D eigenvalue weighted by Crippen LogP contribution is 2.63. The van der Waals surface area contributed by atoms with Gasteiger partial charge < -0.3 is 10.0 Å². The van der Waals surface area contributed by atoms with Gasteiger partial charge in [-0.15, -0.1) is 0 Å². The van der Waals surface area contributed by atoms with E-state index in [-0.39, 0.29) is 0 Å². The Hall–Kier alpha value is -9.24. The minimum atomic E-state index is -0.885. The summed E-state index contributed by atoms with van der Waals surface area (Å²) in [5.41, 5.74) is 21.9. The molecule has 0 fully saturated rings. The van der Waals surface area contributed by atoms with Crippen molar-refractivity contribution in [2.45, 2.75) is 38.0 Å². The molecule has 1 N–H and O–H groups in total. The molecule has 362 valence electrons. The summed E-state index contributed by atoms with van der Waals surface area (Å²) in [5, 5.41) is 17.5. The van der Waals surface area contributed by atoms with Crippen LogP contribution in [0.4, 0.5) is 17.1 Å². The van der Waals surface area contributed by atoms with Crippen LogP contribution in [0, 0.1) is 13.8 Å². The molecule has 76 heavy (non-hydrogen) atoms. The van der Waals surface area contributed by atoms with E-state index in [0.717, 1.165) is 73.2 Å². The minimum absolute atomic E-state index is 0.316. The molecule has 0 saturated heterocycles. The molecule has 12 aromatic carbocycles. The molecule has 0 amide bonds. The van der Waals surface area contributed by atoms with Crippen LogP contribution in [0.25, 0.3) is 54.9 Å². The van der Waals surface area contributed by atoms with Crippen LogP contribution < -0.4 is 4.90 Å². The molecule has 12 aromatic rings. The summed E-state index contributed by atoms with van der Waals surface area (Å²) in [5.74, 6) is 0.316. The first-order valence-electron chi connectivity index (χ1n) is 26.7. The number of aromatic hydroxyl groups is 1. The van der Waals surface area contributed by atoms with Gasteiger partial charge in [-0.2, -0.15) is 0 Å². The Balaban J connectivity index is 1.07. The summed E-state index contributed by atoms with van der Waals surface area (Å²) in [6.45, 7) is 6.63. The van der Waals surface area contributed by atoms with E-state index in [1.54, 1.807) is 0 Å². The van der Waals surface area contributed by atoms with Crippen molar-refractivity contribution >= 4 is 38.6 Å². The summed E-state index contributed by atoms with van der Waals surface area (Å²) < 4.78 is 0. The molecular formula is C74H55NO. The average Bonchev–Trinajstić information content (AvgIpc) is 4.19. The second-order valence-corrected chi connectivity index (χ2v) is 20.7. The van der Waals surface area contributed by atoms with Crippen LogP contribution in [0.5, 0.6) is 5.75 Å². The first kappa shape index (κ1) is 45.4. The van der Waals surface area contributed by atoms with Gasteiger partial charge >= 0.3 is 0 Å². The van der Waals surface area contributed by atoms with Crippen LogP contribution in [0.3, 0.4) is 0 Å². The molecule has 0 saturated carbocycles. The van der Waals surface area contributed by atoms with Crippen LogP contribution in [-0.2, 0) is 17.3 Å². The standard InChI is InChI=1S/C74H55NO/c1-4-53-56-35-20-24-48(2)54(56)44-46-64(53)74(67-47-45-55-49(3)25-21-37-59(55)72(67)76)63-39-18-14-33-60(63)70-58(36-22-40-65(70)74)57-32-16-19-42-68(57)75(52-30-12-7-13-31-52)69-43-23-41-66-71(69)61-34-15-17-38-62(61)73(66,50-26-8-5-9-27-50)51-28-10-6-11-29-51/h5-47,76H,4H2,1-3H3. The predicted octanol–water partition coefficient (Wildman–Crippen LogP) is 18.7. The number of benzene rings is 12. The Morgan fingerprint density at radius 3 is 1.45 bits per heavy atom. The van der Waals surface area contributed by atoms with Crippen molar-refractivity contribution in [3.05, 3.63) is 322 Å².